The number of carbonyl (C=O) groups is 1. The Balaban J connectivity index is 1.72. The lowest BCUT2D eigenvalue weighted by Gasteiger charge is -2.31. The predicted molar refractivity (Wildman–Crippen MR) is 142 cm³/mol. The smallest absolute Gasteiger partial charge is 0.387 e. The van der Waals surface area contributed by atoms with E-state index in [-0.39, 0.29) is 35.8 Å². The largest absolute Gasteiger partial charge is 0.435 e. The van der Waals surface area contributed by atoms with Gasteiger partial charge in [0.2, 0.25) is 11.9 Å². The second kappa shape index (κ2) is 12.4. The van der Waals surface area contributed by atoms with Gasteiger partial charge in [0.15, 0.2) is 6.19 Å². The number of halogens is 4. The molecule has 0 aromatic heterocycles. The van der Waals surface area contributed by atoms with Crippen molar-refractivity contribution in [1.82, 2.24) is 15.2 Å². The van der Waals surface area contributed by atoms with Crippen molar-refractivity contribution < 1.29 is 18.3 Å². The number of hydrazone groups is 1. The van der Waals surface area contributed by atoms with E-state index in [9.17, 15) is 18.8 Å². The van der Waals surface area contributed by atoms with Gasteiger partial charge in [-0.05, 0) is 44.0 Å². The summed E-state index contributed by atoms with van der Waals surface area (Å²) >= 11 is 12.4. The highest BCUT2D eigenvalue weighted by Crippen LogP contribution is 2.31. The number of alkyl halides is 2. The molecule has 38 heavy (non-hydrogen) atoms. The molecule has 1 saturated carbocycles. The molecule has 0 radical (unpaired) electrons. The van der Waals surface area contributed by atoms with Crippen molar-refractivity contribution in [1.29, 1.82) is 5.26 Å². The quantitative estimate of drug-likeness (QED) is 0.200. The number of nitriles is 1. The summed E-state index contributed by atoms with van der Waals surface area (Å²) in [7, 11) is 0. The molecule has 1 amide bonds. The number of hydrogen-bond acceptors (Lipinski definition) is 5. The minimum absolute atomic E-state index is 0.0398. The summed E-state index contributed by atoms with van der Waals surface area (Å²) in [6, 6.07) is 10.5. The van der Waals surface area contributed by atoms with Gasteiger partial charge >= 0.3 is 6.61 Å². The average Bonchev–Trinajstić information content (AvgIpc) is 3.57. The second-order valence-electron chi connectivity index (χ2n) is 8.87. The van der Waals surface area contributed by atoms with E-state index in [2.05, 4.69) is 15.0 Å². The van der Waals surface area contributed by atoms with Crippen LogP contribution in [-0.2, 0) is 4.79 Å². The van der Waals surface area contributed by atoms with Crippen molar-refractivity contribution in [2.75, 3.05) is 13.1 Å². The first kappa shape index (κ1) is 27.6. The zero-order valence-electron chi connectivity index (χ0n) is 20.6. The number of aliphatic imine (C=N–C) groups is 1. The predicted octanol–water partition coefficient (Wildman–Crippen LogP) is 5.78. The third-order valence-corrected chi connectivity index (χ3v) is 7.24. The van der Waals surface area contributed by atoms with Gasteiger partial charge in [0.1, 0.15) is 5.75 Å². The molecule has 8 nitrogen and oxygen atoms in total. The monoisotopic (exact) mass is 562 g/mol. The summed E-state index contributed by atoms with van der Waals surface area (Å²) in [6.07, 6.45) is 5.60. The van der Waals surface area contributed by atoms with E-state index in [0.29, 0.717) is 27.9 Å². The van der Waals surface area contributed by atoms with E-state index in [1.807, 2.05) is 13.1 Å². The molecule has 1 N–H and O–H groups in total. The summed E-state index contributed by atoms with van der Waals surface area (Å²) in [4.78, 5) is 19.7. The zero-order valence-corrected chi connectivity index (χ0v) is 22.1. The molecule has 2 aromatic rings. The highest BCUT2D eigenvalue weighted by atomic mass is 35.5. The minimum atomic E-state index is -2.99. The van der Waals surface area contributed by atoms with Gasteiger partial charge in [0, 0.05) is 24.1 Å². The number of nitrogens with zero attached hydrogens (tertiary/aromatic N) is 5. The van der Waals surface area contributed by atoms with Crippen LogP contribution in [0.3, 0.4) is 0 Å². The Labute approximate surface area is 229 Å². The molecule has 0 saturated heterocycles. The summed E-state index contributed by atoms with van der Waals surface area (Å²) < 4.78 is 29.8. The molecular formula is C26H26Cl2F2N6O2. The van der Waals surface area contributed by atoms with Gasteiger partial charge in [-0.1, -0.05) is 48.2 Å². The average molecular weight is 563 g/mol. The molecule has 0 spiro atoms. The summed E-state index contributed by atoms with van der Waals surface area (Å²) in [5.74, 6) is 0.0116. The van der Waals surface area contributed by atoms with Crippen LogP contribution in [0.2, 0.25) is 10.0 Å². The van der Waals surface area contributed by atoms with E-state index in [0.717, 1.165) is 25.7 Å². The Morgan fingerprint density at radius 2 is 2.03 bits per heavy atom. The third kappa shape index (κ3) is 6.34. The lowest BCUT2D eigenvalue weighted by atomic mass is 9.99. The number of benzene rings is 2. The van der Waals surface area contributed by atoms with Crippen LogP contribution < -0.4 is 10.1 Å². The lowest BCUT2D eigenvalue weighted by molar-refractivity contribution is -0.136. The van der Waals surface area contributed by atoms with Gasteiger partial charge in [-0.25, -0.2) is 10.0 Å². The van der Waals surface area contributed by atoms with Crippen molar-refractivity contribution in [2.24, 2.45) is 16.0 Å². The summed E-state index contributed by atoms with van der Waals surface area (Å²) in [5, 5.41) is 18.9. The highest BCUT2D eigenvalue weighted by molar-refractivity contribution is 6.42. The van der Waals surface area contributed by atoms with Crippen LogP contribution in [0.25, 0.3) is 0 Å². The summed E-state index contributed by atoms with van der Waals surface area (Å²) in [5.41, 5.74) is 1.51. The maximum atomic E-state index is 13.5. The van der Waals surface area contributed by atoms with E-state index in [4.69, 9.17) is 28.3 Å². The van der Waals surface area contributed by atoms with Crippen LogP contribution >= 0.6 is 23.2 Å². The molecule has 1 aliphatic heterocycles. The fourth-order valence-electron chi connectivity index (χ4n) is 4.76. The van der Waals surface area contributed by atoms with Crippen LogP contribution in [0.5, 0.6) is 5.75 Å². The van der Waals surface area contributed by atoms with E-state index >= 15 is 0 Å². The van der Waals surface area contributed by atoms with Gasteiger partial charge in [0.05, 0.1) is 34.0 Å². The Hall–Kier alpha value is -3.42. The first-order valence-electron chi connectivity index (χ1n) is 12.2. The van der Waals surface area contributed by atoms with E-state index in [1.165, 1.54) is 23.2 Å². The van der Waals surface area contributed by atoms with E-state index < -0.39 is 12.7 Å². The van der Waals surface area contributed by atoms with Gasteiger partial charge in [-0.2, -0.15) is 19.1 Å². The van der Waals surface area contributed by atoms with Gasteiger partial charge in [-0.3, -0.25) is 10.1 Å². The normalized spacial score (nSPS) is 17.9. The maximum absolute atomic E-state index is 13.5. The fourth-order valence-corrected chi connectivity index (χ4v) is 5.06. The molecule has 1 aliphatic carbocycles. The molecule has 2 aliphatic rings. The van der Waals surface area contributed by atoms with Gasteiger partial charge < -0.3 is 9.64 Å². The highest BCUT2D eigenvalue weighted by Gasteiger charge is 2.39. The van der Waals surface area contributed by atoms with Crippen molar-refractivity contribution in [3.05, 3.63) is 58.1 Å². The van der Waals surface area contributed by atoms with Crippen molar-refractivity contribution in [2.45, 2.75) is 45.3 Å². The van der Waals surface area contributed by atoms with E-state index in [1.54, 1.807) is 29.2 Å². The molecular weight excluding hydrogens is 537 g/mol. The molecule has 1 atom stereocenters. The number of amides is 1. The van der Waals surface area contributed by atoms with Gasteiger partial charge in [0.25, 0.3) is 0 Å². The first-order chi connectivity index (χ1) is 18.3. The number of nitrogens with one attached hydrogen (secondary N) is 1. The van der Waals surface area contributed by atoms with Crippen LogP contribution in [0.1, 0.15) is 38.2 Å². The van der Waals surface area contributed by atoms with Crippen LogP contribution in [0.4, 0.5) is 14.5 Å². The molecule has 1 fully saturated rings. The standard InChI is InChI=1S/C26H26Cl2F2N6O2/c1-2-35(24(37)16-6-3-4-7-16)22-14-36(34-23(22)17-10-11-20(27)21(28)12-17)26(32-15-31)33-18-8-5-9-19(13-18)38-25(29)30/h5,8-13,16,22,25H,2-4,6-7,14H2,1H3,(H,32,33). The Bertz CT molecular complexity index is 1280. The third-order valence-electron chi connectivity index (χ3n) is 6.50. The van der Waals surface area contributed by atoms with Crippen molar-refractivity contribution in [3.8, 4) is 11.9 Å². The molecule has 4 rings (SSSR count). The van der Waals surface area contributed by atoms with Crippen LogP contribution in [0.15, 0.2) is 52.6 Å². The SMILES string of the molecule is CCN(C(=O)C1CCCC1)C1CN(C(=Nc2cccc(OC(F)F)c2)NC#N)N=C1c1ccc(Cl)c(Cl)c1. The molecule has 200 valence electrons. The zero-order chi connectivity index (χ0) is 27.2. The topological polar surface area (TPSA) is 93.3 Å². The Morgan fingerprint density at radius 1 is 1.26 bits per heavy atom. The second-order valence-corrected chi connectivity index (χ2v) is 9.68. The molecule has 12 heteroatoms. The summed E-state index contributed by atoms with van der Waals surface area (Å²) in [6.45, 7) is -0.401. The van der Waals surface area contributed by atoms with Crippen molar-refractivity contribution >= 4 is 46.5 Å². The number of ether oxygens (including phenoxy) is 1. The minimum Gasteiger partial charge on any atom is -0.435 e. The Kier molecular flexibility index (Phi) is 9.02. The Morgan fingerprint density at radius 3 is 2.68 bits per heavy atom. The molecule has 1 heterocycles. The molecule has 1 unspecified atom stereocenters. The van der Waals surface area contributed by atoms with Crippen LogP contribution in [0, 0.1) is 17.4 Å². The first-order valence-corrected chi connectivity index (χ1v) is 13.0. The van der Waals surface area contributed by atoms with Gasteiger partial charge in [-0.15, -0.1) is 0 Å². The number of likely N-dealkylation sites (N-methyl/N-ethyl adjacent to an activating group) is 1. The molecule has 2 aromatic carbocycles. The fraction of sp³-hybridized carbons (Fsp3) is 0.385. The molecule has 0 bridgehead atoms. The van der Waals surface area contributed by atoms with Crippen LogP contribution in [-0.4, -0.2) is 53.2 Å². The number of rotatable bonds is 7. The number of carbonyl (C=O) groups excluding carboxylic acids is 1. The van der Waals surface area contributed by atoms with Crippen molar-refractivity contribution in [3.63, 3.8) is 0 Å². The lowest BCUT2D eigenvalue weighted by Crippen LogP contribution is -2.49. The number of hydrogen-bond donors (Lipinski definition) is 1. The maximum Gasteiger partial charge on any atom is 0.387 e. The number of guanidine groups is 1.